The van der Waals surface area contributed by atoms with Crippen molar-refractivity contribution in [1.82, 2.24) is 4.90 Å². The van der Waals surface area contributed by atoms with Crippen molar-refractivity contribution >= 4 is 17.3 Å². The van der Waals surface area contributed by atoms with Crippen molar-refractivity contribution < 1.29 is 22.9 Å². The zero-order valence-corrected chi connectivity index (χ0v) is 11.8. The Morgan fingerprint density at radius 3 is 2.27 bits per heavy atom. The molecule has 120 valence electrons. The number of alkyl halides is 3. The number of halogens is 3. The van der Waals surface area contributed by atoms with Crippen molar-refractivity contribution in [3.8, 4) is 0 Å². The van der Waals surface area contributed by atoms with Crippen LogP contribution in [0.25, 0.3) is 0 Å². The van der Waals surface area contributed by atoms with Gasteiger partial charge in [-0.3, -0.25) is 14.9 Å². The van der Waals surface area contributed by atoms with E-state index in [1.54, 1.807) is 4.90 Å². The van der Waals surface area contributed by atoms with Gasteiger partial charge in [-0.2, -0.15) is 13.2 Å². The van der Waals surface area contributed by atoms with Gasteiger partial charge in [-0.1, -0.05) is 0 Å². The smallest absolute Gasteiger partial charge is 0.367 e. The lowest BCUT2D eigenvalue weighted by molar-refractivity contribution is -0.385. The van der Waals surface area contributed by atoms with Crippen LogP contribution < -0.4 is 4.90 Å². The minimum atomic E-state index is -4.68. The Hall–Kier alpha value is -2.32. The van der Waals surface area contributed by atoms with Crippen LogP contribution in [-0.2, 0) is 11.0 Å². The van der Waals surface area contributed by atoms with Crippen molar-refractivity contribution in [3.63, 3.8) is 0 Å². The zero-order valence-electron chi connectivity index (χ0n) is 11.8. The van der Waals surface area contributed by atoms with Gasteiger partial charge in [-0.15, -0.1) is 0 Å². The molecule has 22 heavy (non-hydrogen) atoms. The first-order valence-electron chi connectivity index (χ1n) is 6.56. The summed E-state index contributed by atoms with van der Waals surface area (Å²) >= 11 is 0. The fourth-order valence-electron chi connectivity index (χ4n) is 2.40. The van der Waals surface area contributed by atoms with E-state index in [-0.39, 0.29) is 24.7 Å². The maximum Gasteiger partial charge on any atom is 0.418 e. The lowest BCUT2D eigenvalue weighted by Gasteiger charge is -2.36. The van der Waals surface area contributed by atoms with Crippen molar-refractivity contribution in [1.29, 1.82) is 0 Å². The van der Waals surface area contributed by atoms with Crippen LogP contribution in [0, 0.1) is 10.1 Å². The number of rotatable bonds is 2. The van der Waals surface area contributed by atoms with Gasteiger partial charge in [-0.05, 0) is 6.07 Å². The summed E-state index contributed by atoms with van der Waals surface area (Å²) in [6.45, 7) is 2.55. The topological polar surface area (TPSA) is 66.7 Å². The predicted molar refractivity (Wildman–Crippen MR) is 72.6 cm³/mol. The van der Waals surface area contributed by atoms with Gasteiger partial charge in [0.2, 0.25) is 5.91 Å². The molecule has 0 saturated carbocycles. The van der Waals surface area contributed by atoms with Crippen molar-refractivity contribution in [2.24, 2.45) is 0 Å². The molecule has 0 atom stereocenters. The molecule has 0 unspecified atom stereocenters. The highest BCUT2D eigenvalue weighted by atomic mass is 19.4. The summed E-state index contributed by atoms with van der Waals surface area (Å²) in [6, 6.07) is 2.72. The SMILES string of the molecule is CC(=O)N1CCN(c2ccc([N+](=O)[O-])cc2C(F)(F)F)CC1. The second-order valence-electron chi connectivity index (χ2n) is 4.95. The molecule has 2 rings (SSSR count). The van der Waals surface area contributed by atoms with E-state index in [2.05, 4.69) is 0 Å². The van der Waals surface area contributed by atoms with Gasteiger partial charge >= 0.3 is 6.18 Å². The largest absolute Gasteiger partial charge is 0.418 e. The van der Waals surface area contributed by atoms with Gasteiger partial charge < -0.3 is 9.80 Å². The highest BCUT2D eigenvalue weighted by molar-refractivity contribution is 5.73. The van der Waals surface area contributed by atoms with E-state index in [0.717, 1.165) is 12.1 Å². The van der Waals surface area contributed by atoms with Crippen molar-refractivity contribution in [3.05, 3.63) is 33.9 Å². The number of non-ortho nitro benzene ring substituents is 1. The summed E-state index contributed by atoms with van der Waals surface area (Å²) in [7, 11) is 0. The molecule has 1 aliphatic heterocycles. The highest BCUT2D eigenvalue weighted by Crippen LogP contribution is 2.39. The Morgan fingerprint density at radius 2 is 1.82 bits per heavy atom. The van der Waals surface area contributed by atoms with Crippen molar-refractivity contribution in [2.75, 3.05) is 31.1 Å². The molecule has 0 bridgehead atoms. The molecule has 0 spiro atoms. The first kappa shape index (κ1) is 16.1. The number of carbonyl (C=O) groups excluding carboxylic acids is 1. The standard InChI is InChI=1S/C13H14F3N3O3/c1-9(20)17-4-6-18(7-5-17)12-3-2-10(19(21)22)8-11(12)13(14,15)16/h2-3,8H,4-7H2,1H3. The Bertz CT molecular complexity index is 596. The van der Waals surface area contributed by atoms with Gasteiger partial charge in [0.05, 0.1) is 10.5 Å². The predicted octanol–water partition coefficient (Wildman–Crippen LogP) is 2.28. The molecule has 1 heterocycles. The molecule has 0 aromatic heterocycles. The van der Waals surface area contributed by atoms with Crippen LogP contribution in [0.4, 0.5) is 24.5 Å². The molecule has 1 saturated heterocycles. The summed E-state index contributed by atoms with van der Waals surface area (Å²) in [4.78, 5) is 24.1. The second kappa shape index (κ2) is 5.82. The quantitative estimate of drug-likeness (QED) is 0.620. The number of amides is 1. The van der Waals surface area contributed by atoms with Crippen LogP contribution in [0.3, 0.4) is 0 Å². The average Bonchev–Trinajstić information content (AvgIpc) is 2.45. The Balaban J connectivity index is 2.31. The monoisotopic (exact) mass is 317 g/mol. The third kappa shape index (κ3) is 3.29. The molecule has 1 amide bonds. The number of hydrogen-bond acceptors (Lipinski definition) is 4. The Kier molecular flexibility index (Phi) is 4.25. The van der Waals surface area contributed by atoms with Crippen LogP contribution in [-0.4, -0.2) is 41.9 Å². The molecular weight excluding hydrogens is 303 g/mol. The van der Waals surface area contributed by atoms with Crippen molar-refractivity contribution in [2.45, 2.75) is 13.1 Å². The molecule has 9 heteroatoms. The third-order valence-corrected chi connectivity index (χ3v) is 3.56. The highest BCUT2D eigenvalue weighted by Gasteiger charge is 2.37. The number of nitrogens with zero attached hydrogens (tertiary/aromatic N) is 3. The van der Waals surface area contributed by atoms with Crippen LogP contribution in [0.5, 0.6) is 0 Å². The molecule has 0 N–H and O–H groups in total. The van der Waals surface area contributed by atoms with Crippen LogP contribution in [0.1, 0.15) is 12.5 Å². The summed E-state index contributed by atoms with van der Waals surface area (Å²) < 4.78 is 39.4. The summed E-state index contributed by atoms with van der Waals surface area (Å²) in [6.07, 6.45) is -4.68. The van der Waals surface area contributed by atoms with E-state index in [1.165, 1.54) is 11.8 Å². The number of nitro groups is 1. The average molecular weight is 317 g/mol. The van der Waals surface area contributed by atoms with E-state index >= 15 is 0 Å². The molecule has 1 fully saturated rings. The van der Waals surface area contributed by atoms with Gasteiger partial charge in [0.1, 0.15) is 0 Å². The number of nitro benzene ring substituents is 1. The van der Waals surface area contributed by atoms with Gasteiger partial charge in [-0.25, -0.2) is 0 Å². The first-order chi connectivity index (χ1) is 10.2. The first-order valence-corrected chi connectivity index (χ1v) is 6.56. The van der Waals surface area contributed by atoms with Crippen LogP contribution >= 0.6 is 0 Å². The molecule has 6 nitrogen and oxygen atoms in total. The zero-order chi connectivity index (χ0) is 16.5. The maximum absolute atomic E-state index is 13.1. The minimum absolute atomic E-state index is 0.0960. The number of anilines is 1. The molecular formula is C13H14F3N3O3. The van der Waals surface area contributed by atoms with E-state index in [1.807, 2.05) is 0 Å². The third-order valence-electron chi connectivity index (χ3n) is 3.56. The minimum Gasteiger partial charge on any atom is -0.367 e. The number of hydrogen-bond donors (Lipinski definition) is 0. The number of piperazine rings is 1. The normalized spacial score (nSPS) is 15.8. The number of carbonyl (C=O) groups is 1. The van der Waals surface area contributed by atoms with Gasteiger partial charge in [0.25, 0.3) is 5.69 Å². The Morgan fingerprint density at radius 1 is 1.23 bits per heavy atom. The van der Waals surface area contributed by atoms with E-state index in [9.17, 15) is 28.1 Å². The summed E-state index contributed by atoms with van der Waals surface area (Å²) in [5.41, 5.74) is -1.72. The van der Waals surface area contributed by atoms with E-state index < -0.39 is 22.4 Å². The number of benzene rings is 1. The summed E-state index contributed by atoms with van der Waals surface area (Å²) in [5, 5.41) is 10.7. The fraction of sp³-hybridized carbons (Fsp3) is 0.462. The van der Waals surface area contributed by atoms with Crippen LogP contribution in [0.15, 0.2) is 18.2 Å². The molecule has 0 radical (unpaired) electrons. The molecule has 1 aromatic rings. The molecule has 1 aliphatic rings. The lowest BCUT2D eigenvalue weighted by atomic mass is 10.1. The fourth-order valence-corrected chi connectivity index (χ4v) is 2.40. The maximum atomic E-state index is 13.1. The van der Waals surface area contributed by atoms with Gasteiger partial charge in [0.15, 0.2) is 0 Å². The molecule has 1 aromatic carbocycles. The lowest BCUT2D eigenvalue weighted by Crippen LogP contribution is -2.48. The van der Waals surface area contributed by atoms with E-state index in [0.29, 0.717) is 19.2 Å². The van der Waals surface area contributed by atoms with Gasteiger partial charge in [0, 0.05) is 50.9 Å². The Labute approximate surface area is 124 Å². The second-order valence-corrected chi connectivity index (χ2v) is 4.95. The molecule has 0 aliphatic carbocycles. The van der Waals surface area contributed by atoms with Crippen LogP contribution in [0.2, 0.25) is 0 Å². The summed E-state index contributed by atoms with van der Waals surface area (Å²) in [5.74, 6) is -0.126. The van der Waals surface area contributed by atoms with E-state index in [4.69, 9.17) is 0 Å².